The van der Waals surface area contributed by atoms with Crippen molar-refractivity contribution in [3.63, 3.8) is 0 Å². The number of carbonyl (C=O) groups is 1. The molecule has 0 fully saturated rings. The number of amides is 1. The van der Waals surface area contributed by atoms with Crippen molar-refractivity contribution in [1.82, 2.24) is 8.87 Å². The first-order valence-corrected chi connectivity index (χ1v) is 14.2. The highest BCUT2D eigenvalue weighted by Gasteiger charge is 2.26. The maximum Gasteiger partial charge on any atom is 0.279 e. The van der Waals surface area contributed by atoms with Crippen molar-refractivity contribution in [2.45, 2.75) is 46.1 Å². The van der Waals surface area contributed by atoms with E-state index >= 15 is 0 Å². The van der Waals surface area contributed by atoms with Gasteiger partial charge in [0.1, 0.15) is 0 Å². The SMILES string of the molecule is C=CCn1c(=NC(=O)c2ccc(S(=O)(=O)N(CC(C)C)CC(C)C)cc2)sc2ccc(Cl)c(C)c21. The van der Waals surface area contributed by atoms with Gasteiger partial charge in [-0.25, -0.2) is 8.42 Å². The lowest BCUT2D eigenvalue weighted by molar-refractivity contribution is 0.0997. The molecule has 0 aliphatic heterocycles. The number of sulfonamides is 1. The summed E-state index contributed by atoms with van der Waals surface area (Å²) in [5, 5.41) is 0.645. The Kier molecular flexibility index (Phi) is 8.75. The van der Waals surface area contributed by atoms with Crippen molar-refractivity contribution >= 4 is 49.1 Å². The first kappa shape index (κ1) is 27.3. The number of hydrogen-bond acceptors (Lipinski definition) is 4. The van der Waals surface area contributed by atoms with Crippen molar-refractivity contribution in [2.75, 3.05) is 13.1 Å². The maximum absolute atomic E-state index is 13.2. The summed E-state index contributed by atoms with van der Waals surface area (Å²) in [5.41, 5.74) is 2.16. The molecule has 1 heterocycles. The first-order chi connectivity index (χ1) is 16.4. The molecule has 9 heteroatoms. The Morgan fingerprint density at radius 1 is 1.11 bits per heavy atom. The predicted octanol–water partition coefficient (Wildman–Crippen LogP) is 5.89. The first-order valence-electron chi connectivity index (χ1n) is 11.5. The standard InChI is InChI=1S/C26H32ClN3O3S2/c1-7-14-30-24-19(6)22(27)12-13-23(24)34-26(30)28-25(31)20-8-10-21(11-9-20)35(32,33)29(15-17(2)3)16-18(4)5/h7-13,17-18H,1,14-16H2,2-6H3. The highest BCUT2D eigenvalue weighted by atomic mass is 35.5. The zero-order chi connectivity index (χ0) is 25.9. The van der Waals surface area contributed by atoms with Crippen LogP contribution in [0.1, 0.15) is 43.6 Å². The lowest BCUT2D eigenvalue weighted by atomic mass is 10.2. The molecular weight excluding hydrogens is 502 g/mol. The monoisotopic (exact) mass is 533 g/mol. The zero-order valence-electron chi connectivity index (χ0n) is 20.8. The third-order valence-electron chi connectivity index (χ3n) is 5.42. The number of halogens is 1. The van der Waals surface area contributed by atoms with Gasteiger partial charge in [0, 0.05) is 30.2 Å². The largest absolute Gasteiger partial charge is 0.312 e. The summed E-state index contributed by atoms with van der Waals surface area (Å²) in [7, 11) is -3.67. The van der Waals surface area contributed by atoms with Crippen LogP contribution in [0.2, 0.25) is 5.02 Å². The molecule has 0 saturated heterocycles. The normalized spacial score (nSPS) is 12.9. The number of aromatic nitrogens is 1. The number of carbonyl (C=O) groups excluding carboxylic acids is 1. The van der Waals surface area contributed by atoms with Crippen LogP contribution < -0.4 is 4.80 Å². The van der Waals surface area contributed by atoms with Gasteiger partial charge in [-0.1, -0.05) is 56.7 Å². The van der Waals surface area contributed by atoms with E-state index in [4.69, 9.17) is 11.6 Å². The molecule has 35 heavy (non-hydrogen) atoms. The van der Waals surface area contributed by atoms with Gasteiger partial charge in [0.2, 0.25) is 10.0 Å². The highest BCUT2D eigenvalue weighted by molar-refractivity contribution is 7.89. The van der Waals surface area contributed by atoms with E-state index in [1.807, 2.05) is 51.3 Å². The number of nitrogens with zero attached hydrogens (tertiary/aromatic N) is 3. The summed E-state index contributed by atoms with van der Waals surface area (Å²) < 4.78 is 30.9. The van der Waals surface area contributed by atoms with E-state index < -0.39 is 15.9 Å². The molecule has 0 N–H and O–H groups in total. The van der Waals surface area contributed by atoms with Gasteiger partial charge in [0.05, 0.1) is 15.1 Å². The van der Waals surface area contributed by atoms with Gasteiger partial charge in [-0.05, 0) is 60.7 Å². The summed E-state index contributed by atoms with van der Waals surface area (Å²) in [6, 6.07) is 9.76. The van der Waals surface area contributed by atoms with Gasteiger partial charge >= 0.3 is 0 Å². The van der Waals surface area contributed by atoms with Crippen LogP contribution >= 0.6 is 22.9 Å². The molecule has 0 aliphatic carbocycles. The van der Waals surface area contributed by atoms with Gasteiger partial charge in [0.15, 0.2) is 4.80 Å². The third kappa shape index (κ3) is 6.12. The third-order valence-corrected chi connectivity index (χ3v) is 8.71. The molecule has 0 unspecified atom stereocenters. The molecular formula is C26H32ClN3O3S2. The molecule has 0 aliphatic rings. The summed E-state index contributed by atoms with van der Waals surface area (Å²) in [4.78, 5) is 18.1. The van der Waals surface area contributed by atoms with E-state index in [1.54, 1.807) is 6.08 Å². The van der Waals surface area contributed by atoms with Crippen LogP contribution in [-0.2, 0) is 16.6 Å². The Balaban J connectivity index is 1.98. The molecule has 1 amide bonds. The summed E-state index contributed by atoms with van der Waals surface area (Å²) in [5.74, 6) is -0.0428. The topological polar surface area (TPSA) is 71.7 Å². The van der Waals surface area contributed by atoms with Crippen LogP contribution in [0, 0.1) is 18.8 Å². The minimum Gasteiger partial charge on any atom is -0.312 e. The van der Waals surface area contributed by atoms with E-state index in [0.29, 0.717) is 35.0 Å². The lowest BCUT2D eigenvalue weighted by Gasteiger charge is -2.25. The number of allylic oxidation sites excluding steroid dienone is 1. The van der Waals surface area contributed by atoms with Gasteiger partial charge in [-0.3, -0.25) is 4.79 Å². The van der Waals surface area contributed by atoms with Gasteiger partial charge < -0.3 is 4.57 Å². The molecule has 0 bridgehead atoms. The van der Waals surface area contributed by atoms with Gasteiger partial charge in [-0.2, -0.15) is 9.30 Å². The number of hydrogen-bond donors (Lipinski definition) is 0. The minimum atomic E-state index is -3.67. The van der Waals surface area contributed by atoms with Gasteiger partial charge in [0.25, 0.3) is 5.91 Å². The molecule has 188 valence electrons. The van der Waals surface area contributed by atoms with Crippen molar-refractivity contribution < 1.29 is 13.2 Å². The number of thiazole rings is 1. The van der Waals surface area contributed by atoms with E-state index in [2.05, 4.69) is 11.6 Å². The van der Waals surface area contributed by atoms with E-state index in [-0.39, 0.29) is 16.7 Å². The quantitative estimate of drug-likeness (QED) is 0.322. The Hall–Kier alpha value is -2.26. The summed E-state index contributed by atoms with van der Waals surface area (Å²) in [6.07, 6.45) is 1.75. The fraction of sp³-hybridized carbons (Fsp3) is 0.385. The zero-order valence-corrected chi connectivity index (χ0v) is 23.2. The lowest BCUT2D eigenvalue weighted by Crippen LogP contribution is -2.37. The van der Waals surface area contributed by atoms with Crippen molar-refractivity contribution in [1.29, 1.82) is 0 Å². The second-order valence-electron chi connectivity index (χ2n) is 9.35. The van der Waals surface area contributed by atoms with Crippen LogP contribution in [-0.4, -0.2) is 36.3 Å². The van der Waals surface area contributed by atoms with Crippen molar-refractivity contribution in [2.24, 2.45) is 16.8 Å². The Morgan fingerprint density at radius 3 is 2.26 bits per heavy atom. The fourth-order valence-electron chi connectivity index (χ4n) is 3.85. The maximum atomic E-state index is 13.2. The fourth-order valence-corrected chi connectivity index (χ4v) is 6.87. The van der Waals surface area contributed by atoms with Crippen LogP contribution in [0.5, 0.6) is 0 Å². The molecule has 0 radical (unpaired) electrons. The average molecular weight is 534 g/mol. The van der Waals surface area contributed by atoms with E-state index in [1.165, 1.54) is 39.9 Å². The molecule has 2 aromatic carbocycles. The van der Waals surface area contributed by atoms with Crippen LogP contribution in [0.25, 0.3) is 10.2 Å². The molecule has 0 saturated carbocycles. The smallest absolute Gasteiger partial charge is 0.279 e. The Morgan fingerprint density at radius 2 is 1.71 bits per heavy atom. The number of benzene rings is 2. The van der Waals surface area contributed by atoms with E-state index in [0.717, 1.165) is 15.8 Å². The van der Waals surface area contributed by atoms with Crippen LogP contribution in [0.4, 0.5) is 0 Å². The molecule has 6 nitrogen and oxygen atoms in total. The van der Waals surface area contributed by atoms with Crippen LogP contribution in [0.15, 0.2) is 58.9 Å². The molecule has 1 aromatic heterocycles. The summed E-state index contributed by atoms with van der Waals surface area (Å²) in [6.45, 7) is 15.1. The molecule has 3 aromatic rings. The number of aryl methyl sites for hydroxylation is 1. The minimum absolute atomic E-state index is 0.171. The predicted molar refractivity (Wildman–Crippen MR) is 145 cm³/mol. The van der Waals surface area contributed by atoms with Crippen molar-refractivity contribution in [3.8, 4) is 0 Å². The Labute approximate surface area is 216 Å². The van der Waals surface area contributed by atoms with E-state index in [9.17, 15) is 13.2 Å². The number of fused-ring (bicyclic) bond motifs is 1. The second kappa shape index (κ2) is 11.2. The Bertz CT molecular complexity index is 1390. The second-order valence-corrected chi connectivity index (χ2v) is 12.7. The molecule has 3 rings (SSSR count). The summed E-state index contributed by atoms with van der Waals surface area (Å²) >= 11 is 7.71. The molecule has 0 atom stereocenters. The molecule has 0 spiro atoms. The number of rotatable bonds is 9. The average Bonchev–Trinajstić information content (AvgIpc) is 3.13. The van der Waals surface area contributed by atoms with Gasteiger partial charge in [-0.15, -0.1) is 6.58 Å². The van der Waals surface area contributed by atoms with Crippen molar-refractivity contribution in [3.05, 3.63) is 70.0 Å². The van der Waals surface area contributed by atoms with Crippen LogP contribution in [0.3, 0.4) is 0 Å². The highest BCUT2D eigenvalue weighted by Crippen LogP contribution is 2.27.